The summed E-state index contributed by atoms with van der Waals surface area (Å²) in [4.78, 5) is 27.1. The van der Waals surface area contributed by atoms with Crippen molar-refractivity contribution in [2.24, 2.45) is 5.41 Å². The average molecular weight is 510 g/mol. The summed E-state index contributed by atoms with van der Waals surface area (Å²) in [6.07, 6.45) is 0. The standard InChI is InChI=1S/C23H31N3O8S/c1-5-6-13-32-17-7-9-18(10-8-17)35(30,31)26-12-11-25(14-19(26)20(27)24-29)21(28)23(4)15-33-22(2,3)34-16-23/h7-10,19,29H,11-16H2,1-4H3,(H,24,27). The van der Waals surface area contributed by atoms with Gasteiger partial charge in [-0.05, 0) is 52.0 Å². The molecule has 0 aliphatic carbocycles. The molecule has 0 spiro atoms. The number of benzene rings is 1. The van der Waals surface area contributed by atoms with E-state index in [1.165, 1.54) is 34.6 Å². The van der Waals surface area contributed by atoms with Crippen LogP contribution in [0.15, 0.2) is 29.2 Å². The Balaban J connectivity index is 1.78. The van der Waals surface area contributed by atoms with Crippen LogP contribution in [0.25, 0.3) is 0 Å². The first kappa shape index (κ1) is 26.9. The van der Waals surface area contributed by atoms with Crippen molar-refractivity contribution in [3.63, 3.8) is 0 Å². The molecule has 2 saturated heterocycles. The number of nitrogens with zero attached hydrogens (tertiary/aromatic N) is 2. The van der Waals surface area contributed by atoms with Gasteiger partial charge in [0.05, 0.1) is 23.5 Å². The molecule has 0 radical (unpaired) electrons. The number of hydrogen-bond donors (Lipinski definition) is 2. The van der Waals surface area contributed by atoms with Crippen LogP contribution in [-0.4, -0.2) is 85.9 Å². The second-order valence-electron chi connectivity index (χ2n) is 9.08. The molecule has 2 fully saturated rings. The average Bonchev–Trinajstić information content (AvgIpc) is 2.85. The van der Waals surface area contributed by atoms with E-state index in [0.29, 0.717) is 5.75 Å². The van der Waals surface area contributed by atoms with Crippen molar-refractivity contribution < 1.29 is 37.4 Å². The maximum absolute atomic E-state index is 13.4. The highest BCUT2D eigenvalue weighted by Crippen LogP contribution is 2.32. The molecule has 1 atom stereocenters. The molecule has 1 aromatic carbocycles. The Labute approximate surface area is 205 Å². The quantitative estimate of drug-likeness (QED) is 0.323. The number of sulfonamides is 1. The Morgan fingerprint density at radius 2 is 1.80 bits per heavy atom. The molecule has 192 valence electrons. The van der Waals surface area contributed by atoms with E-state index in [0.717, 1.165) is 4.31 Å². The molecular formula is C23H31N3O8S. The van der Waals surface area contributed by atoms with Crippen molar-refractivity contribution in [3.05, 3.63) is 24.3 Å². The minimum Gasteiger partial charge on any atom is -0.481 e. The van der Waals surface area contributed by atoms with Gasteiger partial charge in [0.2, 0.25) is 15.9 Å². The van der Waals surface area contributed by atoms with Crippen molar-refractivity contribution in [1.29, 1.82) is 0 Å². The third kappa shape index (κ3) is 5.94. The summed E-state index contributed by atoms with van der Waals surface area (Å²) in [5.41, 5.74) is 0.529. The van der Waals surface area contributed by atoms with Crippen LogP contribution >= 0.6 is 0 Å². The molecule has 2 N–H and O–H groups in total. The molecule has 12 heteroatoms. The normalized spacial score (nSPS) is 22.0. The Hall–Kier alpha value is -2.69. The van der Waals surface area contributed by atoms with Crippen LogP contribution in [0, 0.1) is 17.3 Å². The maximum atomic E-state index is 13.4. The molecule has 2 amide bonds. The highest BCUT2D eigenvalue weighted by molar-refractivity contribution is 7.89. The van der Waals surface area contributed by atoms with E-state index < -0.39 is 33.2 Å². The van der Waals surface area contributed by atoms with Crippen molar-refractivity contribution in [3.8, 4) is 17.6 Å². The van der Waals surface area contributed by atoms with Gasteiger partial charge >= 0.3 is 0 Å². The minimum absolute atomic E-state index is 0.0507. The monoisotopic (exact) mass is 509 g/mol. The number of hydroxylamine groups is 1. The van der Waals surface area contributed by atoms with Crippen molar-refractivity contribution in [1.82, 2.24) is 14.7 Å². The van der Waals surface area contributed by atoms with E-state index in [4.69, 9.17) is 14.2 Å². The second-order valence-corrected chi connectivity index (χ2v) is 11.0. The third-order valence-corrected chi connectivity index (χ3v) is 7.86. The van der Waals surface area contributed by atoms with Gasteiger partial charge < -0.3 is 19.1 Å². The van der Waals surface area contributed by atoms with Crippen molar-refractivity contribution in [2.45, 2.75) is 44.4 Å². The lowest BCUT2D eigenvalue weighted by Gasteiger charge is -2.45. The first-order valence-corrected chi connectivity index (χ1v) is 12.5. The number of hydrogen-bond acceptors (Lipinski definition) is 8. The third-order valence-electron chi connectivity index (χ3n) is 5.94. The summed E-state index contributed by atoms with van der Waals surface area (Å²) in [6, 6.07) is 4.40. The van der Waals surface area contributed by atoms with Crippen LogP contribution in [-0.2, 0) is 29.1 Å². The van der Waals surface area contributed by atoms with Gasteiger partial charge in [-0.25, -0.2) is 13.9 Å². The highest BCUT2D eigenvalue weighted by atomic mass is 32.2. The maximum Gasteiger partial charge on any atom is 0.263 e. The van der Waals surface area contributed by atoms with Gasteiger partial charge in [-0.3, -0.25) is 14.8 Å². The van der Waals surface area contributed by atoms with Gasteiger partial charge in [-0.1, -0.05) is 5.92 Å². The van der Waals surface area contributed by atoms with Gasteiger partial charge in [0.25, 0.3) is 5.91 Å². The van der Waals surface area contributed by atoms with Gasteiger partial charge in [-0.15, -0.1) is 5.92 Å². The van der Waals surface area contributed by atoms with Crippen LogP contribution in [0.3, 0.4) is 0 Å². The minimum atomic E-state index is -4.12. The Morgan fingerprint density at radius 3 is 2.37 bits per heavy atom. The van der Waals surface area contributed by atoms with E-state index >= 15 is 0 Å². The molecule has 35 heavy (non-hydrogen) atoms. The molecule has 1 unspecified atom stereocenters. The summed E-state index contributed by atoms with van der Waals surface area (Å²) in [6.45, 7) is 6.97. The van der Waals surface area contributed by atoms with Gasteiger partial charge in [0.1, 0.15) is 18.4 Å². The van der Waals surface area contributed by atoms with E-state index in [9.17, 15) is 23.2 Å². The zero-order valence-electron chi connectivity index (χ0n) is 20.2. The number of nitrogens with one attached hydrogen (secondary N) is 1. The van der Waals surface area contributed by atoms with Gasteiger partial charge in [0, 0.05) is 19.6 Å². The largest absolute Gasteiger partial charge is 0.481 e. The predicted octanol–water partition coefficient (Wildman–Crippen LogP) is 0.585. The number of amides is 2. The number of piperazine rings is 1. The molecule has 3 rings (SSSR count). The van der Waals surface area contributed by atoms with Crippen molar-refractivity contribution >= 4 is 21.8 Å². The lowest BCUT2D eigenvalue weighted by molar-refractivity contribution is -0.279. The molecule has 2 aliphatic rings. The molecule has 2 heterocycles. The van der Waals surface area contributed by atoms with Crippen LogP contribution in [0.5, 0.6) is 5.75 Å². The number of ether oxygens (including phenoxy) is 3. The lowest BCUT2D eigenvalue weighted by Crippen LogP contribution is -2.64. The second kappa shape index (κ2) is 10.5. The van der Waals surface area contributed by atoms with Crippen LogP contribution < -0.4 is 10.2 Å². The Kier molecular flexibility index (Phi) is 8.08. The molecular weight excluding hydrogens is 478 g/mol. The molecule has 0 bridgehead atoms. The van der Waals surface area contributed by atoms with Crippen LogP contribution in [0.1, 0.15) is 27.7 Å². The highest BCUT2D eigenvalue weighted by Gasteiger charge is 2.48. The zero-order valence-corrected chi connectivity index (χ0v) is 21.1. The molecule has 0 saturated carbocycles. The fraction of sp³-hybridized carbons (Fsp3) is 0.565. The SMILES string of the molecule is CC#CCOc1ccc(S(=O)(=O)N2CCN(C(=O)C3(C)COC(C)(C)OC3)CC2C(=O)NO)cc1. The number of rotatable bonds is 6. The smallest absolute Gasteiger partial charge is 0.263 e. The fourth-order valence-corrected chi connectivity index (χ4v) is 5.39. The van der Waals surface area contributed by atoms with E-state index in [-0.39, 0.29) is 50.3 Å². The molecule has 0 aromatic heterocycles. The summed E-state index contributed by atoms with van der Waals surface area (Å²) in [7, 11) is -4.12. The Bertz CT molecular complexity index is 1100. The van der Waals surface area contributed by atoms with E-state index in [1.807, 2.05) is 0 Å². The number of carbonyl (C=O) groups is 2. The van der Waals surface area contributed by atoms with E-state index in [1.54, 1.807) is 27.7 Å². The van der Waals surface area contributed by atoms with Crippen LogP contribution in [0.2, 0.25) is 0 Å². The number of carbonyl (C=O) groups excluding carboxylic acids is 2. The summed E-state index contributed by atoms with van der Waals surface area (Å²) >= 11 is 0. The molecule has 2 aliphatic heterocycles. The molecule has 11 nitrogen and oxygen atoms in total. The van der Waals surface area contributed by atoms with Crippen LogP contribution in [0.4, 0.5) is 0 Å². The van der Waals surface area contributed by atoms with E-state index in [2.05, 4.69) is 11.8 Å². The summed E-state index contributed by atoms with van der Waals surface area (Å²) < 4.78 is 44.4. The lowest BCUT2D eigenvalue weighted by atomic mass is 9.89. The predicted molar refractivity (Wildman–Crippen MR) is 124 cm³/mol. The zero-order chi connectivity index (χ0) is 25.9. The van der Waals surface area contributed by atoms with Gasteiger partial charge in [-0.2, -0.15) is 4.31 Å². The summed E-state index contributed by atoms with van der Waals surface area (Å²) in [5.74, 6) is 3.82. The fourth-order valence-electron chi connectivity index (χ4n) is 3.82. The van der Waals surface area contributed by atoms with Crippen molar-refractivity contribution in [2.75, 3.05) is 39.5 Å². The topological polar surface area (TPSA) is 135 Å². The summed E-state index contributed by atoms with van der Waals surface area (Å²) in [5, 5.41) is 9.27. The Morgan fingerprint density at radius 1 is 1.17 bits per heavy atom. The molecule has 1 aromatic rings. The first-order chi connectivity index (χ1) is 16.4. The van der Waals surface area contributed by atoms with Gasteiger partial charge in [0.15, 0.2) is 5.79 Å². The first-order valence-electron chi connectivity index (χ1n) is 11.1.